The van der Waals surface area contributed by atoms with E-state index < -0.39 is 0 Å². The van der Waals surface area contributed by atoms with Gasteiger partial charge in [-0.05, 0) is 261 Å². The van der Waals surface area contributed by atoms with Gasteiger partial charge >= 0.3 is 0 Å². The molecule has 5 aliphatic carbocycles. The van der Waals surface area contributed by atoms with E-state index in [9.17, 15) is 11.8 Å². The molecule has 4 heterocycles. The fraction of sp³-hybridized carbons (Fsp3) is 0.516. The van der Waals surface area contributed by atoms with E-state index in [-0.39, 0.29) is 45.3 Å². The van der Waals surface area contributed by atoms with Gasteiger partial charge in [0.2, 0.25) is 0 Å². The molecule has 0 amide bonds. The van der Waals surface area contributed by atoms with Gasteiger partial charge in [0.1, 0.15) is 0 Å². The maximum atomic E-state index is 11.9. The SMILES string of the molecule is [C-]#[N+]c1cc2c(c3c1CC1(CCCC1)C3)c1cc(C3(CC)CCCCC3)cc3c4c(-c5c(C(C)C)cc(C(C)C)cc5C(C)C)c5c(c(-c6c(C(C)C)cc(C(C)C)cc6C(C)C)c4n2c13)c1cc(C(CC)(CC)CC)cc2c3c4c(c(C#N)cc3n5c21)C1(CCCC1)CC4. The Balaban J connectivity index is 1.29. The van der Waals surface area contributed by atoms with Gasteiger partial charge in [-0.1, -0.05) is 180 Å². The van der Waals surface area contributed by atoms with Crippen molar-refractivity contribution in [3.63, 3.8) is 0 Å². The summed E-state index contributed by atoms with van der Waals surface area (Å²) in [7, 11) is 0. The fourth-order valence-corrected chi connectivity index (χ4v) is 22.1. The molecule has 5 aliphatic rings. The molecule has 4 heteroatoms. The van der Waals surface area contributed by atoms with E-state index in [0.717, 1.165) is 62.6 Å². The van der Waals surface area contributed by atoms with Gasteiger partial charge in [0, 0.05) is 59.7 Å². The molecule has 0 unspecified atom stereocenters. The second kappa shape index (κ2) is 22.3. The third-order valence-corrected chi connectivity index (χ3v) is 27.5. The molecular formula is C91H106N4. The second-order valence-corrected chi connectivity index (χ2v) is 34.0. The van der Waals surface area contributed by atoms with Crippen molar-refractivity contribution in [3.8, 4) is 28.3 Å². The summed E-state index contributed by atoms with van der Waals surface area (Å²) in [5.74, 6) is 1.56. The number of fused-ring (bicyclic) bond motifs is 17. The van der Waals surface area contributed by atoms with Gasteiger partial charge in [-0.2, -0.15) is 5.26 Å². The molecule has 0 atom stereocenters. The van der Waals surface area contributed by atoms with Crippen LogP contribution in [-0.2, 0) is 35.5 Å². The Morgan fingerprint density at radius 3 is 1.38 bits per heavy atom. The Bertz CT molecular complexity index is 5010. The monoisotopic (exact) mass is 1250 g/mol. The highest BCUT2D eigenvalue weighted by Gasteiger charge is 2.47. The van der Waals surface area contributed by atoms with Crippen LogP contribution in [0.25, 0.3) is 103 Å². The first-order valence-corrected chi connectivity index (χ1v) is 38.4. The van der Waals surface area contributed by atoms with Crippen LogP contribution in [0.4, 0.5) is 5.69 Å². The summed E-state index contributed by atoms with van der Waals surface area (Å²) in [5.41, 5.74) is 32.6. The molecule has 7 aromatic carbocycles. The lowest BCUT2D eigenvalue weighted by Crippen LogP contribution is -2.28. The van der Waals surface area contributed by atoms with Crippen molar-refractivity contribution in [3.05, 3.63) is 144 Å². The van der Waals surface area contributed by atoms with Gasteiger partial charge in [-0.25, -0.2) is 4.85 Å². The molecule has 4 nitrogen and oxygen atoms in total. The van der Waals surface area contributed by atoms with Crippen LogP contribution in [-0.4, -0.2) is 8.80 Å². The lowest BCUT2D eigenvalue weighted by Gasteiger charge is -2.37. The number of nitriles is 1. The molecule has 0 N–H and O–H groups in total. The maximum Gasteiger partial charge on any atom is 0.192 e. The molecule has 11 aromatic rings. The van der Waals surface area contributed by atoms with Crippen LogP contribution in [0.3, 0.4) is 0 Å². The molecule has 4 aromatic heterocycles. The predicted octanol–water partition coefficient (Wildman–Crippen LogP) is 27.0. The minimum absolute atomic E-state index is 0.0457. The zero-order chi connectivity index (χ0) is 66.4. The molecule has 0 saturated heterocycles. The normalized spacial score (nSPS) is 17.9. The number of nitrogens with zero attached hydrogens (tertiary/aromatic N) is 4. The fourth-order valence-electron chi connectivity index (χ4n) is 22.1. The van der Waals surface area contributed by atoms with Gasteiger partial charge in [0.15, 0.2) is 5.69 Å². The molecule has 95 heavy (non-hydrogen) atoms. The van der Waals surface area contributed by atoms with E-state index in [1.165, 1.54) is 249 Å². The van der Waals surface area contributed by atoms with Gasteiger partial charge in [0.25, 0.3) is 0 Å². The first kappa shape index (κ1) is 62.9. The predicted molar refractivity (Wildman–Crippen MR) is 407 cm³/mol. The Kier molecular flexibility index (Phi) is 14.8. The standard InChI is InChI=1S/C91H106N4/c1-18-89(19-2,20-3)59-42-66-75-61-29-36-91(34-27-28-35-91)83(61)58(49-92)41-73(75)94-84(66)68(43-59)79-82(78-64(54(13)14)39-57(51(7)8)40-65(78)55(15)16)87-80(81(86(79)94)77-62(52(9)10)37-56(50(5)6)38-63(77)53(11)12)69-45-60(90(21-4)32-23-22-24-33-90)44-67-76-71-48-88(30-25-26-31-88)47-70(71)72(93-17)46-74(76)95(87)85(67)69/h37-46,50-55H,18-36,47-48H2,1-16H3. The first-order chi connectivity index (χ1) is 45.7. The number of hydrogen-bond acceptors (Lipinski definition) is 1. The summed E-state index contributed by atoms with van der Waals surface area (Å²) in [6.45, 7) is 48.6. The van der Waals surface area contributed by atoms with Crippen molar-refractivity contribution in [2.24, 2.45) is 5.41 Å². The molecule has 0 bridgehead atoms. The van der Waals surface area contributed by atoms with Crippen LogP contribution in [0.15, 0.2) is 60.7 Å². The maximum absolute atomic E-state index is 11.9. The minimum Gasteiger partial charge on any atom is -0.309 e. The van der Waals surface area contributed by atoms with Crippen LogP contribution in [0, 0.1) is 23.3 Å². The Hall–Kier alpha value is -6.88. The lowest BCUT2D eigenvalue weighted by molar-refractivity contribution is 0.284. The molecule has 0 aliphatic heterocycles. The van der Waals surface area contributed by atoms with Crippen molar-refractivity contribution in [1.29, 1.82) is 5.26 Å². The van der Waals surface area contributed by atoms with Crippen molar-refractivity contribution in [1.82, 2.24) is 8.80 Å². The van der Waals surface area contributed by atoms with Gasteiger partial charge in [-0.3, -0.25) is 0 Å². The largest absolute Gasteiger partial charge is 0.309 e. The van der Waals surface area contributed by atoms with Crippen molar-refractivity contribution in [2.45, 2.75) is 297 Å². The number of rotatable bonds is 14. The van der Waals surface area contributed by atoms with E-state index in [1.807, 2.05) is 0 Å². The van der Waals surface area contributed by atoms with Gasteiger partial charge < -0.3 is 8.80 Å². The van der Waals surface area contributed by atoms with Gasteiger partial charge in [-0.15, -0.1) is 0 Å². The third-order valence-electron chi connectivity index (χ3n) is 27.5. The summed E-state index contributed by atoms with van der Waals surface area (Å²) in [4.78, 5) is 4.67. The van der Waals surface area contributed by atoms with Crippen LogP contribution in [0.2, 0.25) is 0 Å². The van der Waals surface area contributed by atoms with Crippen LogP contribution < -0.4 is 0 Å². The molecule has 490 valence electrons. The van der Waals surface area contributed by atoms with Crippen LogP contribution in [0.5, 0.6) is 0 Å². The average molecular weight is 1260 g/mol. The van der Waals surface area contributed by atoms with Crippen molar-refractivity contribution >= 4 is 81.9 Å². The molecule has 3 saturated carbocycles. The van der Waals surface area contributed by atoms with E-state index >= 15 is 0 Å². The minimum atomic E-state index is -0.0472. The quantitative estimate of drug-likeness (QED) is 0.1000. The number of aryl methyl sites for hydroxylation is 1. The highest BCUT2D eigenvalue weighted by Crippen LogP contribution is 2.63. The van der Waals surface area contributed by atoms with Crippen molar-refractivity contribution < 1.29 is 0 Å². The van der Waals surface area contributed by atoms with E-state index in [2.05, 4.69) is 191 Å². The van der Waals surface area contributed by atoms with E-state index in [4.69, 9.17) is 0 Å². The number of hydrogen-bond donors (Lipinski definition) is 0. The average Bonchev–Trinajstić information content (AvgIpc) is 1.49. The smallest absolute Gasteiger partial charge is 0.192 e. The number of benzene rings is 7. The molecule has 16 rings (SSSR count). The van der Waals surface area contributed by atoms with Gasteiger partial charge in [0.05, 0.1) is 45.8 Å². The van der Waals surface area contributed by atoms with Crippen molar-refractivity contribution in [2.75, 3.05) is 0 Å². The summed E-state index contributed by atoms with van der Waals surface area (Å²) >= 11 is 0. The molecule has 2 spiro atoms. The zero-order valence-corrected chi connectivity index (χ0v) is 60.9. The first-order valence-electron chi connectivity index (χ1n) is 38.4. The van der Waals surface area contributed by atoms with Crippen LogP contribution in [0.1, 0.15) is 334 Å². The summed E-state index contributed by atoms with van der Waals surface area (Å²) in [6.07, 6.45) is 24.7. The lowest BCUT2D eigenvalue weighted by atomic mass is 9.67. The Morgan fingerprint density at radius 1 is 0.474 bits per heavy atom. The topological polar surface area (TPSA) is 37.0 Å². The summed E-state index contributed by atoms with van der Waals surface area (Å²) in [6, 6.07) is 29.5. The zero-order valence-electron chi connectivity index (χ0n) is 60.9. The molecule has 0 radical (unpaired) electrons. The molecule has 3 fully saturated rings. The third kappa shape index (κ3) is 8.59. The Labute approximate surface area is 568 Å². The summed E-state index contributed by atoms with van der Waals surface area (Å²) < 4.78 is 5.69. The summed E-state index contributed by atoms with van der Waals surface area (Å²) in [5, 5.41) is 23.1. The molecular weight excluding hydrogens is 1150 g/mol. The number of aromatic nitrogens is 2. The second-order valence-electron chi connectivity index (χ2n) is 34.0. The highest BCUT2D eigenvalue weighted by molar-refractivity contribution is 6.39. The van der Waals surface area contributed by atoms with E-state index in [1.54, 1.807) is 0 Å². The Morgan fingerprint density at radius 2 is 0.916 bits per heavy atom. The van der Waals surface area contributed by atoms with E-state index in [0.29, 0.717) is 11.8 Å². The highest BCUT2D eigenvalue weighted by atomic mass is 15.0. The van der Waals surface area contributed by atoms with Crippen LogP contribution >= 0.6 is 0 Å².